The molecule has 0 unspecified atom stereocenters. The normalized spacial score (nSPS) is 10.9. The standard InChI is InChI=1S/C18H16Cl2N2O4/c1-22-14-6-5-12(10-16(14)26-18(22)24)21-17(23)3-2-8-25-15-7-4-11(19)9-13(15)20/h4-7,9-10H,2-3,8H2,1H3,(H,21,23). The predicted molar refractivity (Wildman–Crippen MR) is 101 cm³/mol. The van der Waals surface area contributed by atoms with Gasteiger partial charge in [-0.05, 0) is 36.8 Å². The molecule has 1 amide bonds. The average molecular weight is 395 g/mol. The van der Waals surface area contributed by atoms with Crippen molar-refractivity contribution in [3.05, 3.63) is 57.0 Å². The summed E-state index contributed by atoms with van der Waals surface area (Å²) in [6.45, 7) is 0.349. The Balaban J connectivity index is 1.50. The summed E-state index contributed by atoms with van der Waals surface area (Å²) in [4.78, 5) is 23.5. The second kappa shape index (κ2) is 7.85. The number of hydrogen-bond acceptors (Lipinski definition) is 4. The molecule has 0 saturated heterocycles. The number of oxazole rings is 1. The lowest BCUT2D eigenvalue weighted by atomic mass is 10.2. The first-order valence-electron chi connectivity index (χ1n) is 7.91. The Bertz CT molecular complexity index is 1010. The second-order valence-electron chi connectivity index (χ2n) is 5.68. The number of ether oxygens (including phenoxy) is 1. The van der Waals surface area contributed by atoms with Crippen molar-refractivity contribution in [2.75, 3.05) is 11.9 Å². The first-order valence-corrected chi connectivity index (χ1v) is 8.67. The molecular formula is C18H16Cl2N2O4. The molecule has 0 atom stereocenters. The lowest BCUT2D eigenvalue weighted by Crippen LogP contribution is -2.12. The Morgan fingerprint density at radius 1 is 1.23 bits per heavy atom. The quantitative estimate of drug-likeness (QED) is 0.634. The largest absolute Gasteiger partial charge is 0.492 e. The highest BCUT2D eigenvalue weighted by Crippen LogP contribution is 2.27. The van der Waals surface area contributed by atoms with E-state index in [1.165, 1.54) is 4.57 Å². The van der Waals surface area contributed by atoms with Crippen molar-refractivity contribution in [3.63, 3.8) is 0 Å². The van der Waals surface area contributed by atoms with Gasteiger partial charge in [-0.3, -0.25) is 9.36 Å². The lowest BCUT2D eigenvalue weighted by molar-refractivity contribution is -0.116. The van der Waals surface area contributed by atoms with Crippen molar-refractivity contribution >= 4 is 45.9 Å². The predicted octanol–water partition coefficient (Wildman–Crippen LogP) is 4.24. The average Bonchev–Trinajstić information content (AvgIpc) is 2.87. The number of halogens is 2. The number of hydrogen-bond donors (Lipinski definition) is 1. The first kappa shape index (κ1) is 18.4. The highest BCUT2D eigenvalue weighted by Gasteiger charge is 2.09. The van der Waals surface area contributed by atoms with Gasteiger partial charge in [0.2, 0.25) is 5.91 Å². The van der Waals surface area contributed by atoms with Crippen LogP contribution in [0.15, 0.2) is 45.6 Å². The highest BCUT2D eigenvalue weighted by atomic mass is 35.5. The molecule has 0 aliphatic rings. The summed E-state index contributed by atoms with van der Waals surface area (Å²) in [5.41, 5.74) is 1.66. The number of amides is 1. The molecule has 1 aromatic heterocycles. The number of carbonyl (C=O) groups is 1. The zero-order valence-electron chi connectivity index (χ0n) is 13.9. The molecule has 3 rings (SSSR count). The summed E-state index contributed by atoms with van der Waals surface area (Å²) in [6.07, 6.45) is 0.801. The molecule has 0 radical (unpaired) electrons. The highest BCUT2D eigenvalue weighted by molar-refractivity contribution is 6.35. The van der Waals surface area contributed by atoms with Crippen molar-refractivity contribution < 1.29 is 13.9 Å². The molecule has 3 aromatic rings. The molecule has 26 heavy (non-hydrogen) atoms. The van der Waals surface area contributed by atoms with E-state index < -0.39 is 5.76 Å². The number of nitrogens with one attached hydrogen (secondary N) is 1. The third kappa shape index (κ3) is 4.20. The van der Waals surface area contributed by atoms with Crippen LogP contribution in [0.3, 0.4) is 0 Å². The third-order valence-corrected chi connectivity index (χ3v) is 4.31. The van der Waals surface area contributed by atoms with Crippen LogP contribution in [0.25, 0.3) is 11.1 Å². The fraction of sp³-hybridized carbons (Fsp3) is 0.222. The summed E-state index contributed by atoms with van der Waals surface area (Å²) in [5, 5.41) is 3.74. The van der Waals surface area contributed by atoms with Crippen molar-refractivity contribution in [3.8, 4) is 5.75 Å². The van der Waals surface area contributed by atoms with Crippen LogP contribution < -0.4 is 15.8 Å². The van der Waals surface area contributed by atoms with Crippen molar-refractivity contribution in [2.24, 2.45) is 7.05 Å². The molecule has 0 spiro atoms. The minimum Gasteiger partial charge on any atom is -0.492 e. The number of anilines is 1. The smallest absolute Gasteiger partial charge is 0.419 e. The van der Waals surface area contributed by atoms with Gasteiger partial charge in [0, 0.05) is 30.2 Å². The van der Waals surface area contributed by atoms with Crippen molar-refractivity contribution in [2.45, 2.75) is 12.8 Å². The van der Waals surface area contributed by atoms with E-state index in [-0.39, 0.29) is 12.3 Å². The first-order chi connectivity index (χ1) is 12.4. The van der Waals surface area contributed by atoms with E-state index in [1.54, 1.807) is 43.4 Å². The Labute approximate surface area is 159 Å². The van der Waals surface area contributed by atoms with Crippen LogP contribution in [-0.2, 0) is 11.8 Å². The van der Waals surface area contributed by atoms with Gasteiger partial charge in [0.1, 0.15) is 5.75 Å². The topological polar surface area (TPSA) is 73.5 Å². The van der Waals surface area contributed by atoms with Crippen LogP contribution in [0.2, 0.25) is 10.0 Å². The summed E-state index contributed by atoms with van der Waals surface area (Å²) in [5.74, 6) is -0.0732. The maximum atomic E-state index is 12.0. The number of benzene rings is 2. The van der Waals surface area contributed by atoms with Gasteiger partial charge in [0.05, 0.1) is 17.1 Å². The number of carbonyl (C=O) groups excluding carboxylic acids is 1. The molecule has 0 aliphatic carbocycles. The van der Waals surface area contributed by atoms with Gasteiger partial charge in [-0.1, -0.05) is 23.2 Å². The SMILES string of the molecule is Cn1c(=O)oc2cc(NC(=O)CCCOc3ccc(Cl)cc3Cl)ccc21. The lowest BCUT2D eigenvalue weighted by Gasteiger charge is -2.08. The maximum Gasteiger partial charge on any atom is 0.419 e. The molecule has 1 heterocycles. The fourth-order valence-corrected chi connectivity index (χ4v) is 2.91. The number of aryl methyl sites for hydroxylation is 1. The molecule has 136 valence electrons. The van der Waals surface area contributed by atoms with Crippen LogP contribution >= 0.6 is 23.2 Å². The molecular weight excluding hydrogens is 379 g/mol. The summed E-state index contributed by atoms with van der Waals surface area (Å²) in [7, 11) is 1.62. The van der Waals surface area contributed by atoms with Crippen LogP contribution in [0.4, 0.5) is 5.69 Å². The molecule has 1 N–H and O–H groups in total. The molecule has 6 nitrogen and oxygen atoms in total. The van der Waals surface area contributed by atoms with Crippen LogP contribution in [0, 0.1) is 0 Å². The Hall–Kier alpha value is -2.44. The van der Waals surface area contributed by atoms with Crippen molar-refractivity contribution in [1.29, 1.82) is 0 Å². The maximum absolute atomic E-state index is 12.0. The molecule has 0 saturated carbocycles. The van der Waals surface area contributed by atoms with Crippen LogP contribution in [0.5, 0.6) is 5.75 Å². The van der Waals surface area contributed by atoms with E-state index in [1.807, 2.05) is 0 Å². The van der Waals surface area contributed by atoms with Gasteiger partial charge in [0.15, 0.2) is 5.58 Å². The second-order valence-corrected chi connectivity index (χ2v) is 6.53. The molecule has 0 aliphatic heterocycles. The molecule has 0 fully saturated rings. The number of rotatable bonds is 6. The van der Waals surface area contributed by atoms with Gasteiger partial charge in [0.25, 0.3) is 0 Å². The van der Waals surface area contributed by atoms with Gasteiger partial charge < -0.3 is 14.5 Å². The van der Waals surface area contributed by atoms with Gasteiger partial charge in [-0.25, -0.2) is 4.79 Å². The number of nitrogens with zero attached hydrogens (tertiary/aromatic N) is 1. The number of aromatic nitrogens is 1. The van der Waals surface area contributed by atoms with E-state index in [0.717, 1.165) is 0 Å². The van der Waals surface area contributed by atoms with E-state index in [9.17, 15) is 9.59 Å². The van der Waals surface area contributed by atoms with Gasteiger partial charge >= 0.3 is 5.76 Å². The zero-order chi connectivity index (χ0) is 18.7. The summed E-state index contributed by atoms with van der Waals surface area (Å²) >= 11 is 11.8. The Morgan fingerprint density at radius 3 is 2.81 bits per heavy atom. The summed E-state index contributed by atoms with van der Waals surface area (Å²) in [6, 6.07) is 10.0. The fourth-order valence-electron chi connectivity index (χ4n) is 2.44. The Kier molecular flexibility index (Phi) is 5.54. The minimum atomic E-state index is -0.443. The Morgan fingerprint density at radius 2 is 2.04 bits per heavy atom. The monoisotopic (exact) mass is 394 g/mol. The minimum absolute atomic E-state index is 0.159. The van der Waals surface area contributed by atoms with Crippen LogP contribution in [-0.4, -0.2) is 17.1 Å². The third-order valence-electron chi connectivity index (χ3n) is 3.78. The zero-order valence-corrected chi connectivity index (χ0v) is 15.4. The van der Waals surface area contributed by atoms with Gasteiger partial charge in [-0.15, -0.1) is 0 Å². The number of fused-ring (bicyclic) bond motifs is 1. The van der Waals surface area contributed by atoms with E-state index >= 15 is 0 Å². The van der Waals surface area contributed by atoms with Crippen LogP contribution in [0.1, 0.15) is 12.8 Å². The van der Waals surface area contributed by atoms with E-state index in [0.29, 0.717) is 45.6 Å². The van der Waals surface area contributed by atoms with Gasteiger partial charge in [-0.2, -0.15) is 0 Å². The molecule has 2 aromatic carbocycles. The van der Waals surface area contributed by atoms with E-state index in [2.05, 4.69) is 5.32 Å². The summed E-state index contributed by atoms with van der Waals surface area (Å²) < 4.78 is 12.0. The van der Waals surface area contributed by atoms with E-state index in [4.69, 9.17) is 32.4 Å². The molecule has 8 heteroatoms. The van der Waals surface area contributed by atoms with Crippen molar-refractivity contribution in [1.82, 2.24) is 4.57 Å². The molecule has 0 bridgehead atoms.